The summed E-state index contributed by atoms with van der Waals surface area (Å²) in [6.45, 7) is 15.4. The van der Waals surface area contributed by atoms with Crippen molar-refractivity contribution in [2.24, 2.45) is 0 Å². The van der Waals surface area contributed by atoms with Crippen molar-refractivity contribution >= 4 is 11.6 Å². The third-order valence-corrected chi connectivity index (χ3v) is 4.78. The highest BCUT2D eigenvalue weighted by Gasteiger charge is 2.38. The van der Waals surface area contributed by atoms with Gasteiger partial charge in [-0.05, 0) is 50.8 Å². The first-order valence-corrected chi connectivity index (χ1v) is 8.82. The maximum atomic E-state index is 12.5. The number of piperazine rings is 1. The zero-order valence-corrected chi connectivity index (χ0v) is 16.1. The van der Waals surface area contributed by atoms with E-state index in [9.17, 15) is 9.90 Å². The molecule has 0 saturated carbocycles. The maximum absolute atomic E-state index is 12.5. The predicted octanol–water partition coefficient (Wildman–Crippen LogP) is 3.18. The predicted molar refractivity (Wildman–Crippen MR) is 99.4 cm³/mol. The quantitative estimate of drug-likeness (QED) is 0.904. The van der Waals surface area contributed by atoms with Crippen LogP contribution in [-0.4, -0.2) is 46.7 Å². The number of hydrogen-bond acceptors (Lipinski definition) is 3. The van der Waals surface area contributed by atoms with Crippen LogP contribution in [0.4, 0.5) is 5.69 Å². The summed E-state index contributed by atoms with van der Waals surface area (Å²) in [5, 5.41) is 10.1. The van der Waals surface area contributed by atoms with Crippen LogP contribution in [0.15, 0.2) is 24.3 Å². The Kier molecular flexibility index (Phi) is 5.01. The van der Waals surface area contributed by atoms with Crippen molar-refractivity contribution in [3.8, 4) is 0 Å². The number of aliphatic hydroxyl groups is 1. The van der Waals surface area contributed by atoms with Crippen LogP contribution in [0, 0.1) is 0 Å². The van der Waals surface area contributed by atoms with Crippen LogP contribution in [0.25, 0.3) is 0 Å². The van der Waals surface area contributed by atoms with Crippen molar-refractivity contribution in [1.82, 2.24) is 4.90 Å². The van der Waals surface area contributed by atoms with E-state index in [0.717, 1.165) is 13.1 Å². The Balaban J connectivity index is 2.15. The Morgan fingerprint density at radius 3 is 1.83 bits per heavy atom. The van der Waals surface area contributed by atoms with Gasteiger partial charge in [0.25, 0.3) is 5.91 Å². The van der Waals surface area contributed by atoms with Gasteiger partial charge in [-0.15, -0.1) is 0 Å². The summed E-state index contributed by atoms with van der Waals surface area (Å²) in [7, 11) is 0. The first kappa shape index (κ1) is 18.8. The number of benzene rings is 1. The van der Waals surface area contributed by atoms with E-state index in [2.05, 4.69) is 63.8 Å². The largest absolute Gasteiger partial charge is 0.381 e. The molecule has 1 aromatic rings. The molecule has 1 aliphatic heterocycles. The molecular weight excluding hydrogens is 300 g/mol. The topological polar surface area (TPSA) is 43.8 Å². The maximum Gasteiger partial charge on any atom is 0.254 e. The van der Waals surface area contributed by atoms with Crippen LogP contribution >= 0.6 is 0 Å². The van der Waals surface area contributed by atoms with Gasteiger partial charge in [0.15, 0.2) is 0 Å². The molecule has 2 atom stereocenters. The van der Waals surface area contributed by atoms with Gasteiger partial charge in [-0.2, -0.15) is 0 Å². The smallest absolute Gasteiger partial charge is 0.254 e. The average Bonchev–Trinajstić information content (AvgIpc) is 2.44. The van der Waals surface area contributed by atoms with Gasteiger partial charge in [-0.1, -0.05) is 32.9 Å². The molecule has 134 valence electrons. The summed E-state index contributed by atoms with van der Waals surface area (Å²) in [6.07, 6.45) is 0. The molecule has 0 radical (unpaired) electrons. The number of carbonyl (C=O) groups is 1. The van der Waals surface area contributed by atoms with Crippen LogP contribution in [0.5, 0.6) is 0 Å². The van der Waals surface area contributed by atoms with Crippen molar-refractivity contribution in [2.75, 3.05) is 18.0 Å². The lowest BCUT2D eigenvalue weighted by Gasteiger charge is -2.47. The van der Waals surface area contributed by atoms with Gasteiger partial charge in [0, 0.05) is 30.9 Å². The number of nitrogens with zero attached hydrogens (tertiary/aromatic N) is 2. The normalized spacial score (nSPS) is 22.7. The van der Waals surface area contributed by atoms with Crippen LogP contribution < -0.4 is 4.90 Å². The summed E-state index contributed by atoms with van der Waals surface area (Å²) >= 11 is 0. The molecule has 0 spiro atoms. The number of carbonyl (C=O) groups excluding carboxylic acids is 1. The Bertz CT molecular complexity index is 569. The highest BCUT2D eigenvalue weighted by atomic mass is 16.3. The highest BCUT2D eigenvalue weighted by Crippen LogP contribution is 2.28. The molecule has 0 bridgehead atoms. The molecule has 1 heterocycles. The summed E-state index contributed by atoms with van der Waals surface area (Å²) in [5.41, 5.74) is 1.34. The van der Waals surface area contributed by atoms with Gasteiger partial charge in [-0.25, -0.2) is 0 Å². The second kappa shape index (κ2) is 6.40. The van der Waals surface area contributed by atoms with Crippen LogP contribution in [0.1, 0.15) is 54.0 Å². The van der Waals surface area contributed by atoms with E-state index in [0.29, 0.717) is 0 Å². The van der Waals surface area contributed by atoms with Crippen LogP contribution in [0.3, 0.4) is 0 Å². The molecule has 0 aliphatic carbocycles. The molecule has 1 saturated heterocycles. The zero-order valence-electron chi connectivity index (χ0n) is 16.1. The minimum absolute atomic E-state index is 0.0648. The standard InChI is InChI=1S/C20H32N2O2/c1-14-12-21(13-15(2)22(14)18(23)20(6,7)24)17-10-8-16(9-11-17)19(3,4)5/h8-11,14-15,24H,12-13H2,1-7H3. The van der Waals surface area contributed by atoms with E-state index in [4.69, 9.17) is 0 Å². The lowest BCUT2D eigenvalue weighted by atomic mass is 9.87. The fourth-order valence-electron chi connectivity index (χ4n) is 3.42. The monoisotopic (exact) mass is 332 g/mol. The fraction of sp³-hybridized carbons (Fsp3) is 0.650. The van der Waals surface area contributed by atoms with E-state index in [1.165, 1.54) is 11.3 Å². The average molecular weight is 332 g/mol. The Morgan fingerprint density at radius 1 is 1.00 bits per heavy atom. The van der Waals surface area contributed by atoms with Crippen molar-refractivity contribution < 1.29 is 9.90 Å². The number of rotatable bonds is 2. The van der Waals surface area contributed by atoms with Gasteiger partial charge in [0.05, 0.1) is 0 Å². The van der Waals surface area contributed by atoms with Crippen LogP contribution in [0.2, 0.25) is 0 Å². The summed E-state index contributed by atoms with van der Waals surface area (Å²) in [4.78, 5) is 16.7. The Labute approximate surface area is 146 Å². The van der Waals surface area contributed by atoms with Crippen molar-refractivity contribution in [3.63, 3.8) is 0 Å². The minimum Gasteiger partial charge on any atom is -0.381 e. The van der Waals surface area contributed by atoms with Crippen LogP contribution in [-0.2, 0) is 10.2 Å². The van der Waals surface area contributed by atoms with E-state index in [-0.39, 0.29) is 23.4 Å². The number of amides is 1. The molecule has 1 aliphatic rings. The van der Waals surface area contributed by atoms with E-state index >= 15 is 0 Å². The molecule has 4 nitrogen and oxygen atoms in total. The van der Waals surface area contributed by atoms with Crippen molar-refractivity contribution in [3.05, 3.63) is 29.8 Å². The molecule has 24 heavy (non-hydrogen) atoms. The van der Waals surface area contributed by atoms with Gasteiger partial charge in [0.1, 0.15) is 5.60 Å². The zero-order chi connectivity index (χ0) is 18.3. The third kappa shape index (κ3) is 3.92. The van der Waals surface area contributed by atoms with Gasteiger partial charge in [-0.3, -0.25) is 4.79 Å². The van der Waals surface area contributed by atoms with E-state index in [1.54, 1.807) is 13.8 Å². The second-order valence-corrected chi connectivity index (χ2v) is 8.67. The summed E-state index contributed by atoms with van der Waals surface area (Å²) in [6, 6.07) is 8.86. The first-order valence-electron chi connectivity index (χ1n) is 8.82. The highest BCUT2D eigenvalue weighted by molar-refractivity contribution is 5.85. The lowest BCUT2D eigenvalue weighted by Crippen LogP contribution is -2.62. The molecule has 1 amide bonds. The third-order valence-electron chi connectivity index (χ3n) is 4.78. The van der Waals surface area contributed by atoms with Crippen molar-refractivity contribution in [1.29, 1.82) is 0 Å². The Hall–Kier alpha value is -1.55. The number of hydrogen-bond donors (Lipinski definition) is 1. The van der Waals surface area contributed by atoms with E-state index < -0.39 is 5.60 Å². The second-order valence-electron chi connectivity index (χ2n) is 8.67. The van der Waals surface area contributed by atoms with Crippen molar-refractivity contribution in [2.45, 2.75) is 71.6 Å². The minimum atomic E-state index is -1.32. The fourth-order valence-corrected chi connectivity index (χ4v) is 3.42. The number of anilines is 1. The molecule has 0 aromatic heterocycles. The molecule has 1 N–H and O–H groups in total. The SMILES string of the molecule is CC1CN(c2ccc(C(C)(C)C)cc2)CC(C)N1C(=O)C(C)(C)O. The molecule has 1 fully saturated rings. The van der Waals surface area contributed by atoms with Gasteiger partial charge < -0.3 is 14.9 Å². The molecule has 2 unspecified atom stereocenters. The summed E-state index contributed by atoms with van der Waals surface area (Å²) < 4.78 is 0. The Morgan fingerprint density at radius 2 is 1.46 bits per heavy atom. The van der Waals surface area contributed by atoms with Gasteiger partial charge in [0.2, 0.25) is 0 Å². The molecule has 4 heteroatoms. The van der Waals surface area contributed by atoms with Gasteiger partial charge >= 0.3 is 0 Å². The summed E-state index contributed by atoms with van der Waals surface area (Å²) in [5.74, 6) is -0.190. The lowest BCUT2D eigenvalue weighted by molar-refractivity contribution is -0.153. The van der Waals surface area contributed by atoms with E-state index in [1.807, 2.05) is 4.90 Å². The first-order chi connectivity index (χ1) is 10.9. The molecular formula is C20H32N2O2. The molecule has 2 rings (SSSR count). The molecule has 1 aromatic carbocycles.